The molecule has 76 valence electrons. The minimum absolute atomic E-state index is 0.192. The van der Waals surface area contributed by atoms with E-state index in [1.54, 1.807) is 0 Å². The molecule has 0 aromatic rings. The molecule has 0 saturated carbocycles. The molecule has 0 fully saturated rings. The molecule has 0 heterocycles. The molecule has 0 aromatic heterocycles. The van der Waals surface area contributed by atoms with E-state index in [9.17, 15) is 13.8 Å². The molecule has 0 unspecified atom stereocenters. The van der Waals surface area contributed by atoms with Crippen LogP contribution in [0.4, 0.5) is 0 Å². The monoisotopic (exact) mass is 207 g/mol. The summed E-state index contributed by atoms with van der Waals surface area (Å²) in [7, 11) is -1.03. The SMILES string of the molecule is CC(=O)N[C@@H](CC[S@@](C)=O)C(=O)O. The van der Waals surface area contributed by atoms with E-state index in [-0.39, 0.29) is 12.2 Å². The summed E-state index contributed by atoms with van der Waals surface area (Å²) >= 11 is 0. The van der Waals surface area contributed by atoms with Gasteiger partial charge in [-0.3, -0.25) is 9.00 Å². The van der Waals surface area contributed by atoms with Crippen LogP contribution in [0.1, 0.15) is 13.3 Å². The van der Waals surface area contributed by atoms with Gasteiger partial charge in [-0.2, -0.15) is 0 Å². The molecular formula is C7H13NO4S. The molecular weight excluding hydrogens is 194 g/mol. The first-order chi connectivity index (χ1) is 5.93. The van der Waals surface area contributed by atoms with Crippen molar-refractivity contribution in [2.45, 2.75) is 19.4 Å². The summed E-state index contributed by atoms with van der Waals surface area (Å²) in [6.45, 7) is 1.25. The van der Waals surface area contributed by atoms with E-state index in [0.717, 1.165) is 0 Å². The molecule has 0 aromatic carbocycles. The molecule has 0 radical (unpaired) electrons. The number of carbonyl (C=O) groups is 2. The fourth-order valence-electron chi connectivity index (χ4n) is 0.787. The largest absolute Gasteiger partial charge is 0.480 e. The van der Waals surface area contributed by atoms with Crippen LogP contribution in [0.3, 0.4) is 0 Å². The van der Waals surface area contributed by atoms with Gasteiger partial charge in [-0.1, -0.05) is 0 Å². The quantitative estimate of drug-likeness (QED) is 0.627. The van der Waals surface area contributed by atoms with Crippen LogP contribution in [0.5, 0.6) is 0 Å². The van der Waals surface area contributed by atoms with Crippen molar-refractivity contribution in [1.82, 2.24) is 5.32 Å². The van der Waals surface area contributed by atoms with Crippen LogP contribution in [0.2, 0.25) is 0 Å². The Hall–Kier alpha value is -0.910. The third-order valence-corrected chi connectivity index (χ3v) is 2.18. The van der Waals surface area contributed by atoms with Gasteiger partial charge in [-0.25, -0.2) is 4.79 Å². The van der Waals surface area contributed by atoms with Crippen molar-refractivity contribution in [3.8, 4) is 0 Å². The molecule has 0 saturated heterocycles. The standard InChI is InChI=1S/C7H13NO4S/c1-5(9)8-6(7(10)11)3-4-13(2)12/h6H,3-4H2,1-2H3,(H,8,9)(H,10,11)/t6-,13+/m0/s1. The molecule has 0 bridgehead atoms. The number of rotatable bonds is 5. The van der Waals surface area contributed by atoms with Crippen LogP contribution < -0.4 is 5.32 Å². The number of aliphatic carboxylic acids is 1. The minimum atomic E-state index is -1.10. The zero-order chi connectivity index (χ0) is 10.4. The lowest BCUT2D eigenvalue weighted by atomic mass is 10.2. The highest BCUT2D eigenvalue weighted by Crippen LogP contribution is 1.94. The van der Waals surface area contributed by atoms with Crippen molar-refractivity contribution in [1.29, 1.82) is 0 Å². The lowest BCUT2D eigenvalue weighted by Gasteiger charge is -2.11. The Kier molecular flexibility index (Phi) is 5.29. The zero-order valence-corrected chi connectivity index (χ0v) is 8.39. The molecule has 5 nitrogen and oxygen atoms in total. The third kappa shape index (κ3) is 6.27. The second-order valence-electron chi connectivity index (χ2n) is 2.66. The second kappa shape index (κ2) is 5.69. The van der Waals surface area contributed by atoms with Gasteiger partial charge in [-0.05, 0) is 6.42 Å². The Morgan fingerprint density at radius 3 is 2.38 bits per heavy atom. The van der Waals surface area contributed by atoms with Crippen molar-refractivity contribution in [2.24, 2.45) is 0 Å². The predicted octanol–water partition coefficient (Wildman–Crippen LogP) is -0.656. The smallest absolute Gasteiger partial charge is 0.326 e. The van der Waals surface area contributed by atoms with Crippen LogP contribution in [-0.4, -0.2) is 39.2 Å². The Morgan fingerprint density at radius 2 is 2.08 bits per heavy atom. The van der Waals surface area contributed by atoms with Gasteiger partial charge in [0.05, 0.1) is 0 Å². The average molecular weight is 207 g/mol. The summed E-state index contributed by atoms with van der Waals surface area (Å²) in [5.74, 6) is -1.22. The number of carbonyl (C=O) groups excluding carboxylic acids is 1. The van der Waals surface area contributed by atoms with Gasteiger partial charge < -0.3 is 10.4 Å². The maximum absolute atomic E-state index is 10.7. The summed E-state index contributed by atoms with van der Waals surface area (Å²) in [5, 5.41) is 10.9. The van der Waals surface area contributed by atoms with Gasteiger partial charge in [0.15, 0.2) is 0 Å². The fourth-order valence-corrected chi connectivity index (χ4v) is 1.35. The lowest BCUT2D eigenvalue weighted by molar-refractivity contribution is -0.141. The van der Waals surface area contributed by atoms with E-state index in [1.165, 1.54) is 13.2 Å². The third-order valence-electron chi connectivity index (χ3n) is 1.37. The first-order valence-electron chi connectivity index (χ1n) is 3.73. The average Bonchev–Trinajstić information content (AvgIpc) is 1.96. The highest BCUT2D eigenvalue weighted by Gasteiger charge is 2.17. The van der Waals surface area contributed by atoms with Gasteiger partial charge in [0.25, 0.3) is 0 Å². The summed E-state index contributed by atoms with van der Waals surface area (Å²) in [5.41, 5.74) is 0. The molecule has 0 rings (SSSR count). The van der Waals surface area contributed by atoms with Gasteiger partial charge in [0, 0.05) is 29.7 Å². The first kappa shape index (κ1) is 12.1. The Labute approximate surface area is 79.0 Å². The number of hydrogen-bond donors (Lipinski definition) is 2. The van der Waals surface area contributed by atoms with Crippen molar-refractivity contribution in [2.75, 3.05) is 12.0 Å². The van der Waals surface area contributed by atoms with Gasteiger partial charge in [-0.15, -0.1) is 0 Å². The topological polar surface area (TPSA) is 83.5 Å². The molecule has 0 aliphatic heterocycles. The number of carboxylic acid groups (broad SMARTS) is 1. The van der Waals surface area contributed by atoms with Crippen LogP contribution >= 0.6 is 0 Å². The highest BCUT2D eigenvalue weighted by molar-refractivity contribution is 7.84. The number of carboxylic acids is 1. The molecule has 0 aliphatic carbocycles. The van der Waals surface area contributed by atoms with Crippen LogP contribution in [0, 0.1) is 0 Å². The van der Waals surface area contributed by atoms with Crippen molar-refractivity contribution >= 4 is 22.7 Å². The maximum atomic E-state index is 10.7. The summed E-state index contributed by atoms with van der Waals surface area (Å²) in [6.07, 6.45) is 1.69. The summed E-state index contributed by atoms with van der Waals surface area (Å²) in [4.78, 5) is 21.1. The van der Waals surface area contributed by atoms with Crippen molar-refractivity contribution < 1.29 is 18.9 Å². The molecule has 13 heavy (non-hydrogen) atoms. The van der Waals surface area contributed by atoms with Crippen LogP contribution in [0.15, 0.2) is 0 Å². The van der Waals surface area contributed by atoms with Crippen molar-refractivity contribution in [3.63, 3.8) is 0 Å². The van der Waals surface area contributed by atoms with E-state index in [1.807, 2.05) is 0 Å². The molecule has 0 aliphatic rings. The van der Waals surface area contributed by atoms with Crippen LogP contribution in [0.25, 0.3) is 0 Å². The number of nitrogens with one attached hydrogen (secondary N) is 1. The van der Waals surface area contributed by atoms with E-state index in [4.69, 9.17) is 5.11 Å². The van der Waals surface area contributed by atoms with Crippen molar-refractivity contribution in [3.05, 3.63) is 0 Å². The minimum Gasteiger partial charge on any atom is -0.480 e. The van der Waals surface area contributed by atoms with E-state index in [2.05, 4.69) is 5.32 Å². The Morgan fingerprint density at radius 1 is 1.54 bits per heavy atom. The van der Waals surface area contributed by atoms with E-state index < -0.39 is 28.7 Å². The molecule has 2 N–H and O–H groups in total. The number of hydrogen-bond acceptors (Lipinski definition) is 3. The van der Waals surface area contributed by atoms with Crippen LogP contribution in [-0.2, 0) is 20.4 Å². The van der Waals surface area contributed by atoms with Gasteiger partial charge in [0.2, 0.25) is 5.91 Å². The van der Waals surface area contributed by atoms with Gasteiger partial charge in [0.1, 0.15) is 6.04 Å². The zero-order valence-electron chi connectivity index (χ0n) is 7.57. The van der Waals surface area contributed by atoms with E-state index >= 15 is 0 Å². The maximum Gasteiger partial charge on any atom is 0.326 e. The highest BCUT2D eigenvalue weighted by atomic mass is 32.2. The lowest BCUT2D eigenvalue weighted by Crippen LogP contribution is -2.40. The molecule has 2 atom stereocenters. The predicted molar refractivity (Wildman–Crippen MR) is 48.8 cm³/mol. The summed E-state index contributed by atoms with van der Waals surface area (Å²) < 4.78 is 10.7. The molecule has 0 spiro atoms. The van der Waals surface area contributed by atoms with E-state index in [0.29, 0.717) is 0 Å². The Bertz CT molecular complexity index is 229. The normalized spacial score (nSPS) is 14.6. The molecule has 1 amide bonds. The molecule has 6 heteroatoms. The first-order valence-corrected chi connectivity index (χ1v) is 5.46. The Balaban J connectivity index is 4.02. The number of amides is 1. The summed E-state index contributed by atoms with van der Waals surface area (Å²) in [6, 6.07) is -0.929. The second-order valence-corrected chi connectivity index (χ2v) is 4.21. The fraction of sp³-hybridized carbons (Fsp3) is 0.714. The van der Waals surface area contributed by atoms with Gasteiger partial charge >= 0.3 is 5.97 Å².